The third-order valence-corrected chi connectivity index (χ3v) is 3.93. The number of amides is 1. The molecule has 0 bridgehead atoms. The Balaban J connectivity index is 2.02. The number of aryl methyl sites for hydroxylation is 2. The van der Waals surface area contributed by atoms with Crippen molar-refractivity contribution >= 4 is 38.9 Å². The van der Waals surface area contributed by atoms with Crippen LogP contribution in [-0.2, 0) is 4.79 Å². The highest BCUT2D eigenvalue weighted by molar-refractivity contribution is 9.10. The summed E-state index contributed by atoms with van der Waals surface area (Å²) in [5, 5.41) is 16.5. The summed E-state index contributed by atoms with van der Waals surface area (Å²) in [4.78, 5) is 22.4. The lowest BCUT2D eigenvalue weighted by atomic mass is 10.2. The Kier molecular flexibility index (Phi) is 5.33. The maximum Gasteiger partial charge on any atom is 0.271 e. The number of benzene rings is 2. The summed E-state index contributed by atoms with van der Waals surface area (Å²) in [6.45, 7) is 3.80. The predicted octanol–water partition coefficient (Wildman–Crippen LogP) is 4.02. The minimum Gasteiger partial charge on any atom is -0.376 e. The lowest BCUT2D eigenvalue weighted by Crippen LogP contribution is -2.22. The topological polar surface area (TPSA) is 84.3 Å². The standard InChI is InChI=1S/C16H16BrN3O3/c1-10-3-6-14(13(17)7-10)19-16(21)9-18-15-8-12(20(22)23)5-4-11(15)2/h3-8,18H,9H2,1-2H3,(H,19,21). The summed E-state index contributed by atoms with van der Waals surface area (Å²) < 4.78 is 0.803. The molecule has 0 heterocycles. The summed E-state index contributed by atoms with van der Waals surface area (Å²) >= 11 is 3.40. The zero-order valence-electron chi connectivity index (χ0n) is 12.7. The number of carbonyl (C=O) groups excluding carboxylic acids is 1. The molecule has 0 fully saturated rings. The molecule has 6 nitrogen and oxygen atoms in total. The highest BCUT2D eigenvalue weighted by Gasteiger charge is 2.10. The van der Waals surface area contributed by atoms with E-state index in [1.807, 2.05) is 32.0 Å². The van der Waals surface area contributed by atoms with Gasteiger partial charge in [-0.05, 0) is 53.0 Å². The van der Waals surface area contributed by atoms with Crippen molar-refractivity contribution in [1.29, 1.82) is 0 Å². The first-order valence-corrected chi connectivity index (χ1v) is 7.71. The van der Waals surface area contributed by atoms with Crippen molar-refractivity contribution in [3.8, 4) is 0 Å². The van der Waals surface area contributed by atoms with E-state index in [1.54, 1.807) is 6.07 Å². The van der Waals surface area contributed by atoms with Crippen LogP contribution in [0, 0.1) is 24.0 Å². The molecule has 0 unspecified atom stereocenters. The van der Waals surface area contributed by atoms with Gasteiger partial charge in [0.2, 0.25) is 5.91 Å². The van der Waals surface area contributed by atoms with E-state index in [4.69, 9.17) is 0 Å². The molecule has 0 radical (unpaired) electrons. The van der Waals surface area contributed by atoms with Gasteiger partial charge in [-0.25, -0.2) is 0 Å². The first kappa shape index (κ1) is 17.0. The Morgan fingerprint density at radius 2 is 1.91 bits per heavy atom. The van der Waals surface area contributed by atoms with Crippen molar-refractivity contribution < 1.29 is 9.72 Å². The van der Waals surface area contributed by atoms with Gasteiger partial charge >= 0.3 is 0 Å². The number of carbonyl (C=O) groups is 1. The van der Waals surface area contributed by atoms with Gasteiger partial charge in [-0.3, -0.25) is 14.9 Å². The molecule has 0 saturated carbocycles. The number of non-ortho nitro benzene ring substituents is 1. The minimum atomic E-state index is -0.464. The van der Waals surface area contributed by atoms with E-state index in [0.717, 1.165) is 15.6 Å². The third-order valence-electron chi connectivity index (χ3n) is 3.27. The van der Waals surface area contributed by atoms with Crippen LogP contribution >= 0.6 is 15.9 Å². The monoisotopic (exact) mass is 377 g/mol. The SMILES string of the molecule is Cc1ccc(NC(=O)CNc2cc([N+](=O)[O-])ccc2C)c(Br)c1. The summed E-state index contributed by atoms with van der Waals surface area (Å²) in [7, 11) is 0. The van der Waals surface area contributed by atoms with Crippen molar-refractivity contribution in [2.24, 2.45) is 0 Å². The number of nitrogens with one attached hydrogen (secondary N) is 2. The average molecular weight is 378 g/mol. The Bertz CT molecular complexity index is 762. The summed E-state index contributed by atoms with van der Waals surface area (Å²) in [6, 6.07) is 10.1. The first-order chi connectivity index (χ1) is 10.9. The Hall–Kier alpha value is -2.41. The molecule has 2 N–H and O–H groups in total. The van der Waals surface area contributed by atoms with Crippen molar-refractivity contribution in [2.45, 2.75) is 13.8 Å². The van der Waals surface area contributed by atoms with E-state index in [-0.39, 0.29) is 18.1 Å². The molecule has 2 rings (SSSR count). The molecule has 0 aliphatic carbocycles. The number of hydrogen-bond donors (Lipinski definition) is 2. The van der Waals surface area contributed by atoms with Gasteiger partial charge in [0.25, 0.3) is 5.69 Å². The normalized spacial score (nSPS) is 10.2. The molecule has 0 aliphatic heterocycles. The smallest absolute Gasteiger partial charge is 0.271 e. The van der Waals surface area contributed by atoms with E-state index in [9.17, 15) is 14.9 Å². The van der Waals surface area contributed by atoms with Gasteiger partial charge in [0, 0.05) is 22.3 Å². The molecular formula is C16H16BrN3O3. The van der Waals surface area contributed by atoms with Gasteiger partial charge in [-0.1, -0.05) is 12.1 Å². The predicted molar refractivity (Wildman–Crippen MR) is 93.8 cm³/mol. The lowest BCUT2D eigenvalue weighted by molar-refractivity contribution is -0.384. The highest BCUT2D eigenvalue weighted by Crippen LogP contribution is 2.24. The van der Waals surface area contributed by atoms with Crippen LogP contribution < -0.4 is 10.6 Å². The highest BCUT2D eigenvalue weighted by atomic mass is 79.9. The van der Waals surface area contributed by atoms with Crippen LogP contribution in [0.5, 0.6) is 0 Å². The van der Waals surface area contributed by atoms with Gasteiger partial charge in [-0.15, -0.1) is 0 Å². The molecular weight excluding hydrogens is 362 g/mol. The molecule has 0 atom stereocenters. The molecule has 0 spiro atoms. The van der Waals surface area contributed by atoms with Crippen LogP contribution in [0.2, 0.25) is 0 Å². The molecule has 1 amide bonds. The fourth-order valence-corrected chi connectivity index (χ4v) is 2.60. The maximum atomic E-state index is 12.0. The zero-order valence-corrected chi connectivity index (χ0v) is 14.3. The number of rotatable bonds is 5. The lowest BCUT2D eigenvalue weighted by Gasteiger charge is -2.11. The number of nitrogens with zero attached hydrogens (tertiary/aromatic N) is 1. The van der Waals surface area contributed by atoms with Crippen LogP contribution in [0.3, 0.4) is 0 Å². The largest absolute Gasteiger partial charge is 0.376 e. The van der Waals surface area contributed by atoms with E-state index in [1.165, 1.54) is 12.1 Å². The second-order valence-corrected chi connectivity index (χ2v) is 6.00. The molecule has 0 saturated heterocycles. The van der Waals surface area contributed by atoms with E-state index in [2.05, 4.69) is 26.6 Å². The minimum absolute atomic E-state index is 0.0141. The fourth-order valence-electron chi connectivity index (χ4n) is 2.01. The molecule has 2 aromatic rings. The van der Waals surface area contributed by atoms with Gasteiger partial charge in [-0.2, -0.15) is 0 Å². The number of halogens is 1. The molecule has 23 heavy (non-hydrogen) atoms. The number of nitro benzene ring substituents is 1. The van der Waals surface area contributed by atoms with Gasteiger partial charge in [0.05, 0.1) is 17.2 Å². The molecule has 120 valence electrons. The number of nitro groups is 1. The summed E-state index contributed by atoms with van der Waals surface area (Å²) in [6.07, 6.45) is 0. The Labute approximate surface area is 142 Å². The van der Waals surface area contributed by atoms with Crippen molar-refractivity contribution in [3.05, 3.63) is 62.1 Å². The van der Waals surface area contributed by atoms with E-state index >= 15 is 0 Å². The average Bonchev–Trinajstić information content (AvgIpc) is 2.49. The quantitative estimate of drug-likeness (QED) is 0.608. The summed E-state index contributed by atoms with van der Waals surface area (Å²) in [5.41, 5.74) is 3.15. The number of hydrogen-bond acceptors (Lipinski definition) is 4. The molecule has 0 aliphatic rings. The van der Waals surface area contributed by atoms with Gasteiger partial charge < -0.3 is 10.6 Å². The van der Waals surface area contributed by atoms with Crippen LogP contribution in [0.25, 0.3) is 0 Å². The number of anilines is 2. The van der Waals surface area contributed by atoms with Crippen LogP contribution in [-0.4, -0.2) is 17.4 Å². The second kappa shape index (κ2) is 7.23. The second-order valence-electron chi connectivity index (χ2n) is 5.14. The first-order valence-electron chi connectivity index (χ1n) is 6.92. The van der Waals surface area contributed by atoms with Gasteiger partial charge in [0.1, 0.15) is 0 Å². The third kappa shape index (κ3) is 4.53. The van der Waals surface area contributed by atoms with Gasteiger partial charge in [0.15, 0.2) is 0 Å². The van der Waals surface area contributed by atoms with Crippen molar-refractivity contribution in [3.63, 3.8) is 0 Å². The Morgan fingerprint density at radius 3 is 2.57 bits per heavy atom. The van der Waals surface area contributed by atoms with E-state index < -0.39 is 4.92 Å². The summed E-state index contributed by atoms with van der Waals surface area (Å²) in [5.74, 6) is -0.236. The maximum absolute atomic E-state index is 12.0. The molecule has 7 heteroatoms. The molecule has 2 aromatic carbocycles. The fraction of sp³-hybridized carbons (Fsp3) is 0.188. The Morgan fingerprint density at radius 1 is 1.17 bits per heavy atom. The van der Waals surface area contributed by atoms with E-state index in [0.29, 0.717) is 11.4 Å². The van der Waals surface area contributed by atoms with Crippen molar-refractivity contribution in [2.75, 3.05) is 17.2 Å². The zero-order chi connectivity index (χ0) is 17.0. The molecule has 0 aromatic heterocycles. The van der Waals surface area contributed by atoms with Crippen molar-refractivity contribution in [1.82, 2.24) is 0 Å². The van der Waals surface area contributed by atoms with Crippen LogP contribution in [0.15, 0.2) is 40.9 Å². The van der Waals surface area contributed by atoms with Crippen LogP contribution in [0.4, 0.5) is 17.1 Å². The van der Waals surface area contributed by atoms with Crippen LogP contribution in [0.1, 0.15) is 11.1 Å².